The Morgan fingerprint density at radius 1 is 1.25 bits per heavy atom. The maximum atomic E-state index is 2.31. The summed E-state index contributed by atoms with van der Waals surface area (Å²) in [5, 5.41) is 0. The molecule has 0 N–H and O–H groups in total. The lowest BCUT2D eigenvalue weighted by molar-refractivity contribution is 0.727. The van der Waals surface area contributed by atoms with E-state index in [0.29, 0.717) is 5.92 Å². The van der Waals surface area contributed by atoms with E-state index in [2.05, 4.69) is 45.9 Å². The number of benzene rings is 1. The molecule has 0 aliphatic carbocycles. The summed E-state index contributed by atoms with van der Waals surface area (Å²) in [5.74, 6) is 0.699. The Kier molecular flexibility index (Phi) is 2.91. The molecule has 1 aromatic carbocycles. The van der Waals surface area contributed by atoms with Crippen molar-refractivity contribution in [1.82, 2.24) is 0 Å². The van der Waals surface area contributed by atoms with E-state index in [1.807, 2.05) is 0 Å². The van der Waals surface area contributed by atoms with Crippen LogP contribution in [0.25, 0.3) is 0 Å². The quantitative estimate of drug-likeness (QED) is 0.620. The van der Waals surface area contributed by atoms with Gasteiger partial charge in [0.05, 0.1) is 0 Å². The average molecular weight is 162 g/mol. The Bertz CT molecular complexity index is 261. The molecular weight excluding hydrogens is 144 g/mol. The van der Waals surface area contributed by atoms with Crippen molar-refractivity contribution in [3.05, 3.63) is 34.9 Å². The van der Waals surface area contributed by atoms with Crippen molar-refractivity contribution < 1.29 is 0 Å². The molecule has 0 heterocycles. The first kappa shape index (κ1) is 9.31. The van der Waals surface area contributed by atoms with E-state index in [1.54, 1.807) is 0 Å². The summed E-state index contributed by atoms with van der Waals surface area (Å²) in [6.07, 6.45) is 1.23. The summed E-state index contributed by atoms with van der Waals surface area (Å²) in [5.41, 5.74) is 4.31. The summed E-state index contributed by atoms with van der Waals surface area (Å²) >= 11 is 0. The van der Waals surface area contributed by atoms with Gasteiger partial charge in [-0.15, -0.1) is 0 Å². The van der Waals surface area contributed by atoms with Gasteiger partial charge in [-0.2, -0.15) is 0 Å². The van der Waals surface area contributed by atoms with Gasteiger partial charge in [-0.3, -0.25) is 0 Å². The van der Waals surface area contributed by atoms with Crippen molar-refractivity contribution >= 4 is 0 Å². The van der Waals surface area contributed by atoms with Gasteiger partial charge >= 0.3 is 0 Å². The smallest absolute Gasteiger partial charge is 0.0190 e. The monoisotopic (exact) mass is 162 g/mol. The van der Waals surface area contributed by atoms with Gasteiger partial charge in [0.15, 0.2) is 0 Å². The summed E-state index contributed by atoms with van der Waals surface area (Å²) < 4.78 is 0. The molecule has 0 fully saturated rings. The van der Waals surface area contributed by atoms with Gasteiger partial charge in [-0.25, -0.2) is 0 Å². The first-order valence-electron chi connectivity index (χ1n) is 4.72. The minimum Gasteiger partial charge on any atom is -0.0648 e. The lowest BCUT2D eigenvalue weighted by Crippen LogP contribution is -1.95. The molecule has 0 heteroatoms. The van der Waals surface area contributed by atoms with E-state index in [-0.39, 0.29) is 0 Å². The highest BCUT2D eigenvalue weighted by molar-refractivity contribution is 5.32. The maximum absolute atomic E-state index is 2.31. The van der Waals surface area contributed by atoms with Crippen LogP contribution in [0.2, 0.25) is 0 Å². The Morgan fingerprint density at radius 2 is 1.92 bits per heavy atom. The predicted molar refractivity (Wildman–Crippen MR) is 54.6 cm³/mol. The highest BCUT2D eigenvalue weighted by Gasteiger charge is 2.05. The van der Waals surface area contributed by atoms with E-state index in [1.165, 1.54) is 23.1 Å². The minimum atomic E-state index is 0.699. The first-order chi connectivity index (χ1) is 5.65. The first-order valence-corrected chi connectivity index (χ1v) is 4.72. The highest BCUT2D eigenvalue weighted by atomic mass is 14.1. The van der Waals surface area contributed by atoms with Crippen molar-refractivity contribution in [1.29, 1.82) is 0 Å². The SMILES string of the molecule is CCC(C)c1cc(C)ccc1C. The van der Waals surface area contributed by atoms with Gasteiger partial charge in [0.1, 0.15) is 0 Å². The lowest BCUT2D eigenvalue weighted by atomic mass is 9.93. The molecule has 1 atom stereocenters. The molecule has 0 aliphatic heterocycles. The molecule has 12 heavy (non-hydrogen) atoms. The molecule has 0 spiro atoms. The highest BCUT2D eigenvalue weighted by Crippen LogP contribution is 2.22. The maximum Gasteiger partial charge on any atom is -0.0190 e. The van der Waals surface area contributed by atoms with E-state index in [0.717, 1.165) is 0 Å². The topological polar surface area (TPSA) is 0 Å². The van der Waals surface area contributed by atoms with Crippen molar-refractivity contribution in [3.8, 4) is 0 Å². The summed E-state index contributed by atoms with van der Waals surface area (Å²) in [6, 6.07) is 6.71. The van der Waals surface area contributed by atoms with Crippen molar-refractivity contribution in [2.75, 3.05) is 0 Å². The number of hydrogen-bond acceptors (Lipinski definition) is 0. The molecule has 0 nitrogen and oxygen atoms in total. The van der Waals surface area contributed by atoms with Crippen LogP contribution in [0.1, 0.15) is 42.9 Å². The molecular formula is C12H18. The third-order valence-electron chi connectivity index (χ3n) is 2.58. The molecule has 0 saturated heterocycles. The van der Waals surface area contributed by atoms with Crippen molar-refractivity contribution in [3.63, 3.8) is 0 Å². The molecule has 0 radical (unpaired) electrons. The van der Waals surface area contributed by atoms with Crippen LogP contribution >= 0.6 is 0 Å². The molecule has 1 rings (SSSR count). The van der Waals surface area contributed by atoms with Gasteiger partial charge in [0, 0.05) is 0 Å². The molecule has 1 unspecified atom stereocenters. The van der Waals surface area contributed by atoms with Gasteiger partial charge in [-0.05, 0) is 37.3 Å². The summed E-state index contributed by atoms with van der Waals surface area (Å²) in [7, 11) is 0. The van der Waals surface area contributed by atoms with Crippen LogP contribution in [-0.2, 0) is 0 Å². The fourth-order valence-corrected chi connectivity index (χ4v) is 1.51. The lowest BCUT2D eigenvalue weighted by Gasteiger charge is -2.12. The van der Waals surface area contributed by atoms with E-state index >= 15 is 0 Å². The zero-order valence-electron chi connectivity index (χ0n) is 8.52. The Labute approximate surface area is 75.6 Å². The van der Waals surface area contributed by atoms with Gasteiger partial charge in [0.25, 0.3) is 0 Å². The second kappa shape index (κ2) is 3.75. The fraction of sp³-hybridized carbons (Fsp3) is 0.500. The predicted octanol–water partition coefficient (Wildman–Crippen LogP) is 3.82. The van der Waals surface area contributed by atoms with E-state index in [9.17, 15) is 0 Å². The third kappa shape index (κ3) is 1.88. The third-order valence-corrected chi connectivity index (χ3v) is 2.58. The van der Waals surface area contributed by atoms with Crippen LogP contribution in [0.5, 0.6) is 0 Å². The fourth-order valence-electron chi connectivity index (χ4n) is 1.51. The summed E-state index contributed by atoms with van der Waals surface area (Å²) in [4.78, 5) is 0. The number of hydrogen-bond donors (Lipinski definition) is 0. The average Bonchev–Trinajstić information content (AvgIpc) is 2.08. The standard InChI is InChI=1S/C12H18/c1-5-10(3)12-8-9(2)6-7-11(12)4/h6-8,10H,5H2,1-4H3. The van der Waals surface area contributed by atoms with Gasteiger partial charge < -0.3 is 0 Å². The second-order valence-electron chi connectivity index (χ2n) is 3.67. The number of rotatable bonds is 2. The molecule has 0 bridgehead atoms. The summed E-state index contributed by atoms with van der Waals surface area (Å²) in [6.45, 7) is 8.89. The van der Waals surface area contributed by atoms with Crippen LogP contribution < -0.4 is 0 Å². The van der Waals surface area contributed by atoms with Gasteiger partial charge in [-0.1, -0.05) is 37.6 Å². The largest absolute Gasteiger partial charge is 0.0648 e. The van der Waals surface area contributed by atoms with E-state index in [4.69, 9.17) is 0 Å². The molecule has 0 amide bonds. The van der Waals surface area contributed by atoms with Crippen LogP contribution in [0, 0.1) is 13.8 Å². The zero-order valence-corrected chi connectivity index (χ0v) is 8.52. The second-order valence-corrected chi connectivity index (χ2v) is 3.67. The zero-order chi connectivity index (χ0) is 9.14. The van der Waals surface area contributed by atoms with Crippen LogP contribution in [0.3, 0.4) is 0 Å². The minimum absolute atomic E-state index is 0.699. The van der Waals surface area contributed by atoms with E-state index < -0.39 is 0 Å². The van der Waals surface area contributed by atoms with Gasteiger partial charge in [0.2, 0.25) is 0 Å². The van der Waals surface area contributed by atoms with Crippen LogP contribution in [0.15, 0.2) is 18.2 Å². The number of aryl methyl sites for hydroxylation is 2. The molecule has 66 valence electrons. The molecule has 0 saturated carbocycles. The van der Waals surface area contributed by atoms with Crippen molar-refractivity contribution in [2.45, 2.75) is 40.0 Å². The molecule has 0 aromatic heterocycles. The Hall–Kier alpha value is -0.780. The van der Waals surface area contributed by atoms with Crippen LogP contribution in [0.4, 0.5) is 0 Å². The Morgan fingerprint density at radius 3 is 2.50 bits per heavy atom. The molecule has 0 aliphatic rings. The Balaban J connectivity index is 3.04. The van der Waals surface area contributed by atoms with Crippen LogP contribution in [-0.4, -0.2) is 0 Å². The normalized spacial score (nSPS) is 13.0. The van der Waals surface area contributed by atoms with Crippen molar-refractivity contribution in [2.24, 2.45) is 0 Å². The molecule has 1 aromatic rings.